The van der Waals surface area contributed by atoms with E-state index in [1.807, 2.05) is 0 Å². The first-order chi connectivity index (χ1) is 8.97. The minimum absolute atomic E-state index is 0.360. The van der Waals surface area contributed by atoms with E-state index in [1.165, 1.54) is 28.0 Å². The predicted octanol–water partition coefficient (Wildman–Crippen LogP) is 3.98. The van der Waals surface area contributed by atoms with Crippen molar-refractivity contribution in [2.45, 2.75) is 27.3 Å². The summed E-state index contributed by atoms with van der Waals surface area (Å²) in [5.74, 6) is -0.870. The predicted molar refractivity (Wildman–Crippen MR) is 79.3 cm³/mol. The Balaban J connectivity index is 2.12. The number of aromatic carboxylic acids is 1. The van der Waals surface area contributed by atoms with Crippen LogP contribution in [0.5, 0.6) is 0 Å². The monoisotopic (exact) mass is 275 g/mol. The van der Waals surface area contributed by atoms with Crippen LogP contribution in [0.3, 0.4) is 0 Å². The van der Waals surface area contributed by atoms with Gasteiger partial charge in [0.05, 0.1) is 5.56 Å². The van der Waals surface area contributed by atoms with Gasteiger partial charge >= 0.3 is 5.97 Å². The van der Waals surface area contributed by atoms with E-state index in [9.17, 15) is 4.79 Å². The van der Waals surface area contributed by atoms with Crippen molar-refractivity contribution >= 4 is 23.0 Å². The summed E-state index contributed by atoms with van der Waals surface area (Å²) in [6.45, 7) is 6.91. The van der Waals surface area contributed by atoms with Crippen LogP contribution in [0.4, 0.5) is 5.69 Å². The van der Waals surface area contributed by atoms with Gasteiger partial charge in [-0.25, -0.2) is 4.79 Å². The van der Waals surface area contributed by atoms with Crippen molar-refractivity contribution in [2.24, 2.45) is 0 Å². The van der Waals surface area contributed by atoms with Crippen molar-refractivity contribution in [3.05, 3.63) is 50.7 Å². The maximum atomic E-state index is 10.8. The lowest BCUT2D eigenvalue weighted by molar-refractivity contribution is 0.0697. The van der Waals surface area contributed by atoms with Gasteiger partial charge in [-0.3, -0.25) is 0 Å². The molecular weight excluding hydrogens is 258 g/mol. The Hall–Kier alpha value is -1.81. The fourth-order valence-electron chi connectivity index (χ4n) is 2.22. The first-order valence-electron chi connectivity index (χ1n) is 6.10. The van der Waals surface area contributed by atoms with Gasteiger partial charge in [0.15, 0.2) is 0 Å². The maximum absolute atomic E-state index is 10.8. The van der Waals surface area contributed by atoms with Gasteiger partial charge in [0.2, 0.25) is 0 Å². The van der Waals surface area contributed by atoms with E-state index < -0.39 is 5.97 Å². The molecule has 0 saturated heterocycles. The Labute approximate surface area is 116 Å². The summed E-state index contributed by atoms with van der Waals surface area (Å²) < 4.78 is 0. The van der Waals surface area contributed by atoms with Gasteiger partial charge in [0, 0.05) is 22.5 Å². The third-order valence-corrected chi connectivity index (χ3v) is 3.95. The van der Waals surface area contributed by atoms with Gasteiger partial charge in [-0.05, 0) is 38.0 Å². The summed E-state index contributed by atoms with van der Waals surface area (Å²) in [4.78, 5) is 11.8. The number of hydrogen-bond donors (Lipinski definition) is 2. The second-order valence-electron chi connectivity index (χ2n) is 4.73. The van der Waals surface area contributed by atoms with Crippen LogP contribution in [0.25, 0.3) is 0 Å². The number of aryl methyl sites for hydroxylation is 3. The number of carboxylic acid groups (broad SMARTS) is 1. The number of benzene rings is 1. The van der Waals surface area contributed by atoms with Crippen LogP contribution in [0, 0.1) is 20.8 Å². The van der Waals surface area contributed by atoms with Crippen LogP contribution in [0.1, 0.15) is 31.9 Å². The molecule has 0 bridgehead atoms. The Morgan fingerprint density at radius 1 is 1.21 bits per heavy atom. The molecule has 4 heteroatoms. The average molecular weight is 275 g/mol. The van der Waals surface area contributed by atoms with E-state index in [0.717, 1.165) is 10.6 Å². The molecule has 0 aliphatic heterocycles. The summed E-state index contributed by atoms with van der Waals surface area (Å²) in [5.41, 5.74) is 5.18. The lowest BCUT2D eigenvalue weighted by Crippen LogP contribution is -2.02. The number of rotatable bonds is 4. The summed E-state index contributed by atoms with van der Waals surface area (Å²) in [6.07, 6.45) is 0. The molecule has 2 aromatic rings. The molecule has 2 N–H and O–H groups in total. The molecule has 0 aliphatic rings. The van der Waals surface area contributed by atoms with Crippen LogP contribution in [0.2, 0.25) is 0 Å². The van der Waals surface area contributed by atoms with E-state index in [4.69, 9.17) is 5.11 Å². The number of carbonyl (C=O) groups is 1. The first kappa shape index (κ1) is 13.6. The molecule has 0 saturated carbocycles. The molecule has 100 valence electrons. The standard InChI is InChI=1S/C15H17NO2S/c1-9-4-10(2)14(11(3)5-9)16-7-13-6-12(8-19-13)15(17)18/h4-6,8,16H,7H2,1-3H3,(H,17,18). The molecular formula is C15H17NO2S. The highest BCUT2D eigenvalue weighted by Crippen LogP contribution is 2.23. The van der Waals surface area contributed by atoms with Gasteiger partial charge in [-0.1, -0.05) is 17.7 Å². The van der Waals surface area contributed by atoms with Crippen molar-refractivity contribution < 1.29 is 9.90 Å². The zero-order chi connectivity index (χ0) is 14.0. The second kappa shape index (κ2) is 5.45. The van der Waals surface area contributed by atoms with Crippen molar-refractivity contribution in [1.82, 2.24) is 0 Å². The topological polar surface area (TPSA) is 49.3 Å². The van der Waals surface area contributed by atoms with E-state index >= 15 is 0 Å². The molecule has 0 unspecified atom stereocenters. The fraction of sp³-hybridized carbons (Fsp3) is 0.267. The number of hydrogen-bond acceptors (Lipinski definition) is 3. The minimum atomic E-state index is -0.870. The maximum Gasteiger partial charge on any atom is 0.336 e. The Bertz CT molecular complexity index is 593. The molecule has 0 amide bonds. The third-order valence-electron chi connectivity index (χ3n) is 3.02. The molecule has 0 fully saturated rings. The van der Waals surface area contributed by atoms with Gasteiger partial charge in [0.25, 0.3) is 0 Å². The Morgan fingerprint density at radius 3 is 2.37 bits per heavy atom. The van der Waals surface area contributed by atoms with Crippen LogP contribution in [0.15, 0.2) is 23.6 Å². The zero-order valence-corrected chi connectivity index (χ0v) is 12.1. The average Bonchev–Trinajstić information content (AvgIpc) is 2.76. The highest BCUT2D eigenvalue weighted by molar-refractivity contribution is 7.10. The molecule has 0 spiro atoms. The summed E-state index contributed by atoms with van der Waals surface area (Å²) >= 11 is 1.47. The zero-order valence-electron chi connectivity index (χ0n) is 11.3. The SMILES string of the molecule is Cc1cc(C)c(NCc2cc(C(=O)O)cs2)c(C)c1. The molecule has 3 nitrogen and oxygen atoms in total. The van der Waals surface area contributed by atoms with Gasteiger partial charge in [0.1, 0.15) is 0 Å². The molecule has 19 heavy (non-hydrogen) atoms. The van der Waals surface area contributed by atoms with Crippen molar-refractivity contribution in [1.29, 1.82) is 0 Å². The third kappa shape index (κ3) is 3.15. The van der Waals surface area contributed by atoms with Crippen molar-refractivity contribution in [3.8, 4) is 0 Å². The summed E-state index contributed by atoms with van der Waals surface area (Å²) in [6, 6.07) is 6.01. The van der Waals surface area contributed by atoms with Crippen LogP contribution in [-0.4, -0.2) is 11.1 Å². The van der Waals surface area contributed by atoms with E-state index in [-0.39, 0.29) is 0 Å². The molecule has 1 aromatic carbocycles. The summed E-state index contributed by atoms with van der Waals surface area (Å²) in [5, 5.41) is 14.0. The Morgan fingerprint density at radius 2 is 1.84 bits per heavy atom. The summed E-state index contributed by atoms with van der Waals surface area (Å²) in [7, 11) is 0. The molecule has 1 heterocycles. The molecule has 1 aromatic heterocycles. The molecule has 0 aliphatic carbocycles. The molecule has 2 rings (SSSR count). The number of nitrogens with one attached hydrogen (secondary N) is 1. The highest BCUT2D eigenvalue weighted by Gasteiger charge is 2.08. The van der Waals surface area contributed by atoms with E-state index in [2.05, 4.69) is 38.2 Å². The van der Waals surface area contributed by atoms with Crippen LogP contribution in [-0.2, 0) is 6.54 Å². The van der Waals surface area contributed by atoms with Gasteiger partial charge in [-0.15, -0.1) is 11.3 Å². The second-order valence-corrected chi connectivity index (χ2v) is 5.73. The number of thiophene rings is 1. The number of carboxylic acids is 1. The first-order valence-corrected chi connectivity index (χ1v) is 6.98. The molecule has 0 radical (unpaired) electrons. The number of anilines is 1. The highest BCUT2D eigenvalue weighted by atomic mass is 32.1. The van der Waals surface area contributed by atoms with E-state index in [0.29, 0.717) is 12.1 Å². The largest absolute Gasteiger partial charge is 0.478 e. The van der Waals surface area contributed by atoms with Crippen LogP contribution < -0.4 is 5.32 Å². The Kier molecular flexibility index (Phi) is 3.90. The minimum Gasteiger partial charge on any atom is -0.478 e. The van der Waals surface area contributed by atoms with Gasteiger partial charge < -0.3 is 10.4 Å². The smallest absolute Gasteiger partial charge is 0.336 e. The quantitative estimate of drug-likeness (QED) is 0.887. The normalized spacial score (nSPS) is 10.5. The van der Waals surface area contributed by atoms with Gasteiger partial charge in [-0.2, -0.15) is 0 Å². The van der Waals surface area contributed by atoms with E-state index in [1.54, 1.807) is 11.4 Å². The fourth-order valence-corrected chi connectivity index (χ4v) is 3.02. The lowest BCUT2D eigenvalue weighted by atomic mass is 10.1. The lowest BCUT2D eigenvalue weighted by Gasteiger charge is -2.13. The van der Waals surface area contributed by atoms with Crippen LogP contribution >= 0.6 is 11.3 Å². The van der Waals surface area contributed by atoms with Crippen molar-refractivity contribution in [2.75, 3.05) is 5.32 Å². The van der Waals surface area contributed by atoms with Crippen molar-refractivity contribution in [3.63, 3.8) is 0 Å². The molecule has 0 atom stereocenters.